The van der Waals surface area contributed by atoms with Gasteiger partial charge in [-0.15, -0.1) is 20.5 Å². The van der Waals surface area contributed by atoms with Gasteiger partial charge in [-0.05, 0) is 60.2 Å². The average Bonchev–Trinajstić information content (AvgIpc) is 3.69. The van der Waals surface area contributed by atoms with Gasteiger partial charge in [-0.1, -0.05) is 24.3 Å². The predicted molar refractivity (Wildman–Crippen MR) is 141 cm³/mol. The summed E-state index contributed by atoms with van der Waals surface area (Å²) in [5, 5.41) is 16.0. The Bertz CT molecular complexity index is 1430. The molecule has 0 fully saturated rings. The number of nitrogens with zero attached hydrogens (tertiary/aromatic N) is 10. The van der Waals surface area contributed by atoms with Crippen molar-refractivity contribution >= 4 is 0 Å². The minimum atomic E-state index is -4.94. The zero-order chi connectivity index (χ0) is 32.0. The van der Waals surface area contributed by atoms with E-state index in [-0.39, 0.29) is 56.0 Å². The number of hydrogen-bond acceptors (Lipinski definition) is 16. The molecule has 0 aliphatic carbocycles. The van der Waals surface area contributed by atoms with Crippen LogP contribution in [-0.2, 0) is 45.1 Å². The van der Waals surface area contributed by atoms with E-state index in [9.17, 15) is 0 Å². The summed E-state index contributed by atoms with van der Waals surface area (Å²) < 4.78 is 67.9. The van der Waals surface area contributed by atoms with Gasteiger partial charge in [-0.25, -0.2) is 37.3 Å². The first-order chi connectivity index (χ1) is 20.9. The molecule has 0 unspecified atom stereocenters. The number of pyridine rings is 4. The second kappa shape index (κ2) is 25.9. The fourth-order valence-corrected chi connectivity index (χ4v) is 2.89. The molecule has 0 aliphatic heterocycles. The van der Waals surface area contributed by atoms with E-state index < -0.39 is 20.5 Å². The molecule has 0 bridgehead atoms. The van der Waals surface area contributed by atoms with Crippen LogP contribution >= 0.6 is 0 Å². The summed E-state index contributed by atoms with van der Waals surface area (Å²) in [6, 6.07) is 22.3. The normalized spacial score (nSPS) is 9.44. The first kappa shape index (κ1) is 52.8. The van der Waals surface area contributed by atoms with Crippen molar-refractivity contribution in [1.82, 2.24) is 50.3 Å². The third-order valence-corrected chi connectivity index (χ3v) is 4.48. The molecule has 6 heterocycles. The van der Waals surface area contributed by atoms with E-state index >= 15 is 0 Å². The number of rotatable bonds is 4. The molecule has 6 aromatic rings. The van der Waals surface area contributed by atoms with E-state index in [1.54, 1.807) is 24.8 Å². The second-order valence-electron chi connectivity index (χ2n) is 7.53. The summed E-state index contributed by atoms with van der Waals surface area (Å²) in [6.07, 6.45) is 6.80. The van der Waals surface area contributed by atoms with E-state index in [0.29, 0.717) is 46.1 Å². The predicted octanol–water partition coefficient (Wildman–Crippen LogP) is -9.89. The largest absolute Gasteiger partial charge is 2.00 e. The average molecular weight is 845 g/mol. The van der Waals surface area contributed by atoms with Gasteiger partial charge in [0.25, 0.3) is 0 Å². The summed E-state index contributed by atoms with van der Waals surface area (Å²) in [5.74, 6) is 2.08. The van der Waals surface area contributed by atoms with Gasteiger partial charge in [0.15, 0.2) is 0 Å². The maximum Gasteiger partial charge on any atom is 2.00 e. The van der Waals surface area contributed by atoms with Gasteiger partial charge >= 0.3 is 34.1 Å². The number of aromatic nitrogens is 10. The van der Waals surface area contributed by atoms with Crippen molar-refractivity contribution in [3.05, 3.63) is 97.6 Å². The Labute approximate surface area is 306 Å². The van der Waals surface area contributed by atoms with Crippen LogP contribution in [-0.4, -0.2) is 51.1 Å². The first-order valence-electron chi connectivity index (χ1n) is 11.5. The maximum atomic E-state index is 8.49. The summed E-state index contributed by atoms with van der Waals surface area (Å²) in [6.45, 7) is 0. The molecular formula is C24H26Cl2Cu2N10O12+2. The third-order valence-electron chi connectivity index (χ3n) is 4.48. The zero-order valence-corrected chi connectivity index (χ0v) is 27.9. The van der Waals surface area contributed by atoms with Gasteiger partial charge in [0.05, 0.1) is 34.4 Å². The molecule has 50 heavy (non-hydrogen) atoms. The van der Waals surface area contributed by atoms with Gasteiger partial charge in [0.1, 0.15) is 0 Å². The van der Waals surface area contributed by atoms with E-state index in [1.807, 2.05) is 72.8 Å². The van der Waals surface area contributed by atoms with E-state index in [1.165, 1.54) is 0 Å². The van der Waals surface area contributed by atoms with Crippen LogP contribution in [0.4, 0.5) is 0 Å². The quantitative estimate of drug-likeness (QED) is 0.117. The van der Waals surface area contributed by atoms with Gasteiger partial charge < -0.3 is 42.1 Å². The van der Waals surface area contributed by atoms with E-state index in [2.05, 4.69) is 50.3 Å². The Hall–Kier alpha value is -3.98. The molecule has 6 aromatic heterocycles. The standard InChI is InChI=1S/2C12H8N5.2ClHO4.2Cu.4H2O/c2*1-3-7-13-9(5-1)11-15-12(17-16-11)10-6-2-4-8-14-10;2*2-1(3,4)5;;;;;;/h2*1-8H;2*(H,2,3,4,5);;;4*1H2/q2*-1;;;2*+2;;;;. The van der Waals surface area contributed by atoms with Crippen molar-refractivity contribution < 1.29 is 114 Å². The molecule has 0 spiro atoms. The molecule has 278 valence electrons. The van der Waals surface area contributed by atoms with Crippen LogP contribution in [0.5, 0.6) is 0 Å². The maximum absolute atomic E-state index is 8.49. The SMILES string of the molecule is O.O.[Cu+2].[Cu+2].[O-][Cl+3]([O-])([O-])[O-].[O-][Cl+3]([O-])([O-])[O-].[OH3+].[OH3+].c1ccc(-c2n[n-]c(-c3ccccn3)n2)nc1.c1ccc(-c2n[n-]c(-c3ccccn3)n2)nc1. The first-order valence-corrected chi connectivity index (χ1v) is 14.0. The van der Waals surface area contributed by atoms with Gasteiger partial charge in [-0.3, -0.25) is 30.1 Å². The van der Waals surface area contributed by atoms with Crippen molar-refractivity contribution in [3.63, 3.8) is 0 Å². The Morgan fingerprint density at radius 1 is 0.420 bits per heavy atom. The van der Waals surface area contributed by atoms with Gasteiger partial charge in [0, 0.05) is 24.8 Å². The molecule has 0 saturated heterocycles. The molecule has 22 nitrogen and oxygen atoms in total. The Morgan fingerprint density at radius 3 is 0.880 bits per heavy atom. The van der Waals surface area contributed by atoms with Crippen LogP contribution in [0.2, 0.25) is 0 Å². The van der Waals surface area contributed by atoms with E-state index in [0.717, 1.165) is 0 Å². The van der Waals surface area contributed by atoms with Crippen LogP contribution < -0.4 is 47.5 Å². The molecular weight excluding hydrogens is 818 g/mol. The molecule has 0 amide bonds. The van der Waals surface area contributed by atoms with Crippen molar-refractivity contribution in [3.8, 4) is 46.1 Å². The number of halogens is 2. The van der Waals surface area contributed by atoms with Crippen LogP contribution in [0.3, 0.4) is 0 Å². The fourth-order valence-electron chi connectivity index (χ4n) is 2.89. The molecule has 26 heteroatoms. The molecule has 10 N–H and O–H groups in total. The monoisotopic (exact) mass is 842 g/mol. The van der Waals surface area contributed by atoms with Crippen LogP contribution in [0.15, 0.2) is 97.6 Å². The second-order valence-corrected chi connectivity index (χ2v) is 9.05. The summed E-state index contributed by atoms with van der Waals surface area (Å²) >= 11 is 0. The van der Waals surface area contributed by atoms with E-state index in [4.69, 9.17) is 37.3 Å². The summed E-state index contributed by atoms with van der Waals surface area (Å²) in [4.78, 5) is 25.3. The molecule has 2 radical (unpaired) electrons. The molecule has 0 saturated carbocycles. The Balaban J connectivity index is -0.000000306. The summed E-state index contributed by atoms with van der Waals surface area (Å²) in [5.41, 5.74) is 2.84. The topological polar surface area (TPSA) is 445 Å². The number of hydrogen-bond donors (Lipinski definition) is 0. The van der Waals surface area contributed by atoms with Crippen LogP contribution in [0, 0.1) is 20.5 Å². The molecule has 0 aromatic carbocycles. The molecule has 0 aliphatic rings. The van der Waals surface area contributed by atoms with Crippen molar-refractivity contribution in [2.75, 3.05) is 0 Å². The van der Waals surface area contributed by atoms with Crippen molar-refractivity contribution in [1.29, 1.82) is 0 Å². The Kier molecular flexibility index (Phi) is 27.4. The fraction of sp³-hybridized carbons (Fsp3) is 0. The van der Waals surface area contributed by atoms with Crippen LogP contribution in [0.1, 0.15) is 0 Å². The molecule has 6 rings (SSSR count). The van der Waals surface area contributed by atoms with Crippen LogP contribution in [0.25, 0.3) is 46.1 Å². The summed E-state index contributed by atoms with van der Waals surface area (Å²) in [7, 11) is -9.89. The zero-order valence-electron chi connectivity index (χ0n) is 24.5. The Morgan fingerprint density at radius 2 is 0.660 bits per heavy atom. The third kappa shape index (κ3) is 21.2. The van der Waals surface area contributed by atoms with Gasteiger partial charge in [-0.2, -0.15) is 0 Å². The minimum absolute atomic E-state index is 0. The van der Waals surface area contributed by atoms with Crippen molar-refractivity contribution in [2.45, 2.75) is 0 Å². The smallest absolute Gasteiger partial charge is 0.457 e. The van der Waals surface area contributed by atoms with Crippen molar-refractivity contribution in [2.24, 2.45) is 0 Å². The molecule has 0 atom stereocenters. The minimum Gasteiger partial charge on any atom is -0.457 e. The van der Waals surface area contributed by atoms with Gasteiger partial charge in [0.2, 0.25) is 0 Å².